The highest BCUT2D eigenvalue weighted by Gasteiger charge is 2.23. The van der Waals surface area contributed by atoms with Gasteiger partial charge in [0.05, 0.1) is 12.2 Å². The van der Waals surface area contributed by atoms with E-state index >= 15 is 0 Å². The molecule has 156 valence electrons. The number of carbonyl (C=O) groups excluding carboxylic acids is 1. The zero-order chi connectivity index (χ0) is 20.6. The Hall–Kier alpha value is -2.37. The highest BCUT2D eigenvalue weighted by atomic mass is 16.5. The van der Waals surface area contributed by atoms with E-state index in [2.05, 4.69) is 54.5 Å². The molecule has 1 fully saturated rings. The van der Waals surface area contributed by atoms with Gasteiger partial charge in [0.2, 0.25) is 0 Å². The molecular weight excluding hydrogens is 362 g/mol. The van der Waals surface area contributed by atoms with Gasteiger partial charge in [0.25, 0.3) is 0 Å². The Labute approximate surface area is 174 Å². The first-order valence-corrected chi connectivity index (χ1v) is 10.6. The van der Waals surface area contributed by atoms with Gasteiger partial charge < -0.3 is 15.4 Å². The molecule has 3 rings (SSSR count). The van der Waals surface area contributed by atoms with E-state index < -0.39 is 0 Å². The summed E-state index contributed by atoms with van der Waals surface area (Å²) < 4.78 is 5.83. The van der Waals surface area contributed by atoms with Crippen LogP contribution >= 0.6 is 0 Å². The van der Waals surface area contributed by atoms with Gasteiger partial charge in [-0.2, -0.15) is 0 Å². The van der Waals surface area contributed by atoms with Gasteiger partial charge >= 0.3 is 6.03 Å². The van der Waals surface area contributed by atoms with E-state index in [9.17, 15) is 4.79 Å². The molecule has 0 radical (unpaired) electrons. The summed E-state index contributed by atoms with van der Waals surface area (Å²) >= 11 is 0. The number of carbonyl (C=O) groups is 1. The fraction of sp³-hybridized carbons (Fsp3) is 0.458. The number of anilines is 1. The normalized spacial score (nSPS) is 20.8. The Morgan fingerprint density at radius 2 is 1.72 bits per heavy atom. The van der Waals surface area contributed by atoms with E-state index in [0.717, 1.165) is 37.3 Å². The van der Waals surface area contributed by atoms with Crippen LogP contribution in [-0.2, 0) is 11.3 Å². The van der Waals surface area contributed by atoms with Crippen molar-refractivity contribution in [1.82, 2.24) is 10.2 Å². The molecule has 2 amide bonds. The molecule has 1 aliphatic rings. The fourth-order valence-electron chi connectivity index (χ4n) is 4.04. The number of ether oxygens (including phenoxy) is 1. The van der Waals surface area contributed by atoms with Crippen LogP contribution in [0.15, 0.2) is 54.6 Å². The average molecular weight is 396 g/mol. The third-order valence-electron chi connectivity index (χ3n) is 5.43. The van der Waals surface area contributed by atoms with Gasteiger partial charge in [0, 0.05) is 37.8 Å². The van der Waals surface area contributed by atoms with Crippen LogP contribution in [0, 0.1) is 0 Å². The van der Waals surface area contributed by atoms with Crippen molar-refractivity contribution in [2.45, 2.75) is 51.9 Å². The van der Waals surface area contributed by atoms with Gasteiger partial charge in [-0.15, -0.1) is 0 Å². The second kappa shape index (κ2) is 10.4. The molecule has 3 atom stereocenters. The number of morpholine rings is 1. The van der Waals surface area contributed by atoms with Crippen LogP contribution in [0.2, 0.25) is 0 Å². The van der Waals surface area contributed by atoms with E-state index in [-0.39, 0.29) is 18.2 Å². The van der Waals surface area contributed by atoms with Crippen LogP contribution in [0.4, 0.5) is 10.5 Å². The molecule has 29 heavy (non-hydrogen) atoms. The zero-order valence-electron chi connectivity index (χ0n) is 17.7. The maximum Gasteiger partial charge on any atom is 0.319 e. The minimum absolute atomic E-state index is 0.157. The molecule has 0 spiro atoms. The molecule has 0 saturated carbocycles. The minimum atomic E-state index is -0.157. The molecule has 2 aromatic rings. The first kappa shape index (κ1) is 21.3. The highest BCUT2D eigenvalue weighted by molar-refractivity contribution is 5.90. The first-order chi connectivity index (χ1) is 14.0. The summed E-state index contributed by atoms with van der Waals surface area (Å²) in [5.74, 6) is 0.313. The molecule has 5 heteroatoms. The first-order valence-electron chi connectivity index (χ1n) is 10.6. The molecule has 3 unspecified atom stereocenters. The molecule has 2 N–H and O–H groups in total. The molecule has 5 nitrogen and oxygen atoms in total. The number of benzene rings is 2. The van der Waals surface area contributed by atoms with E-state index in [1.54, 1.807) is 0 Å². The van der Waals surface area contributed by atoms with Gasteiger partial charge in [0.1, 0.15) is 0 Å². The Morgan fingerprint density at radius 3 is 2.41 bits per heavy atom. The number of rotatable bonds is 7. The van der Waals surface area contributed by atoms with Crippen LogP contribution in [0.3, 0.4) is 0 Å². The topological polar surface area (TPSA) is 53.6 Å². The third-order valence-corrected chi connectivity index (χ3v) is 5.43. The summed E-state index contributed by atoms with van der Waals surface area (Å²) in [6.07, 6.45) is 1.44. The van der Waals surface area contributed by atoms with E-state index in [0.29, 0.717) is 12.5 Å². The van der Waals surface area contributed by atoms with Crippen LogP contribution in [0.1, 0.15) is 44.2 Å². The Morgan fingerprint density at radius 1 is 1.07 bits per heavy atom. The van der Waals surface area contributed by atoms with Gasteiger partial charge in [-0.3, -0.25) is 4.90 Å². The van der Waals surface area contributed by atoms with Crippen LogP contribution in [0.5, 0.6) is 0 Å². The third kappa shape index (κ3) is 6.31. The van der Waals surface area contributed by atoms with Gasteiger partial charge in [-0.05, 0) is 37.5 Å². The van der Waals surface area contributed by atoms with Crippen molar-refractivity contribution < 1.29 is 9.53 Å². The fourth-order valence-corrected chi connectivity index (χ4v) is 4.04. The summed E-state index contributed by atoms with van der Waals surface area (Å²) in [5.41, 5.74) is 3.25. The molecular formula is C24H33N3O2. The number of urea groups is 1. The largest absolute Gasteiger partial charge is 0.373 e. The van der Waals surface area contributed by atoms with Crippen LogP contribution < -0.4 is 10.6 Å². The standard InChI is InChI=1S/C24H33N3O2/c1-4-20(21-10-6-5-7-11-21)14-25-24(28)26-23-13-9-8-12-22(23)17-27-15-18(2)29-19(3)16-27/h5-13,18-20H,4,14-17H2,1-3H3,(H2,25,26,28). The van der Waals surface area contributed by atoms with Gasteiger partial charge in [-0.25, -0.2) is 4.79 Å². The Balaban J connectivity index is 1.58. The van der Waals surface area contributed by atoms with Gasteiger partial charge in [-0.1, -0.05) is 55.5 Å². The van der Waals surface area contributed by atoms with Crippen LogP contribution in [0.25, 0.3) is 0 Å². The predicted molar refractivity (Wildman–Crippen MR) is 118 cm³/mol. The number of para-hydroxylation sites is 1. The van der Waals surface area contributed by atoms with Crippen molar-refractivity contribution in [2.75, 3.05) is 25.0 Å². The quantitative estimate of drug-likeness (QED) is 0.720. The second-order valence-electron chi connectivity index (χ2n) is 7.96. The van der Waals surface area contributed by atoms with Crippen molar-refractivity contribution in [1.29, 1.82) is 0 Å². The summed E-state index contributed by atoms with van der Waals surface area (Å²) in [7, 11) is 0. The smallest absolute Gasteiger partial charge is 0.319 e. The molecule has 0 aliphatic carbocycles. The average Bonchev–Trinajstić information content (AvgIpc) is 2.70. The number of nitrogens with zero attached hydrogens (tertiary/aromatic N) is 1. The molecule has 0 bridgehead atoms. The molecule has 1 saturated heterocycles. The summed E-state index contributed by atoms with van der Waals surface area (Å²) in [6, 6.07) is 18.2. The zero-order valence-corrected chi connectivity index (χ0v) is 17.7. The van der Waals surface area contributed by atoms with Crippen molar-refractivity contribution in [3.05, 3.63) is 65.7 Å². The minimum Gasteiger partial charge on any atom is -0.373 e. The number of hydrogen-bond acceptors (Lipinski definition) is 3. The number of hydrogen-bond donors (Lipinski definition) is 2. The van der Waals surface area contributed by atoms with E-state index in [4.69, 9.17) is 4.74 Å². The molecule has 1 aliphatic heterocycles. The SMILES string of the molecule is CCC(CNC(=O)Nc1ccccc1CN1CC(C)OC(C)C1)c1ccccc1. The maximum atomic E-state index is 12.6. The monoisotopic (exact) mass is 395 g/mol. The lowest BCUT2D eigenvalue weighted by Gasteiger charge is -2.35. The van der Waals surface area contributed by atoms with Crippen molar-refractivity contribution in [3.8, 4) is 0 Å². The van der Waals surface area contributed by atoms with Crippen molar-refractivity contribution >= 4 is 11.7 Å². The Bertz CT molecular complexity index is 771. The predicted octanol–water partition coefficient (Wildman–Crippen LogP) is 4.61. The van der Waals surface area contributed by atoms with Crippen molar-refractivity contribution in [3.63, 3.8) is 0 Å². The number of amides is 2. The molecule has 1 heterocycles. The summed E-state index contributed by atoms with van der Waals surface area (Å²) in [6.45, 7) is 9.59. The van der Waals surface area contributed by atoms with E-state index in [1.807, 2.05) is 36.4 Å². The maximum absolute atomic E-state index is 12.6. The van der Waals surface area contributed by atoms with E-state index in [1.165, 1.54) is 5.56 Å². The molecule has 2 aromatic carbocycles. The summed E-state index contributed by atoms with van der Waals surface area (Å²) in [4.78, 5) is 14.9. The summed E-state index contributed by atoms with van der Waals surface area (Å²) in [5, 5.41) is 6.09. The molecule has 0 aromatic heterocycles. The Kier molecular flexibility index (Phi) is 7.67. The lowest BCUT2D eigenvalue weighted by Crippen LogP contribution is -2.45. The number of nitrogens with one attached hydrogen (secondary N) is 2. The van der Waals surface area contributed by atoms with Gasteiger partial charge in [0.15, 0.2) is 0 Å². The van der Waals surface area contributed by atoms with Crippen molar-refractivity contribution in [2.24, 2.45) is 0 Å². The lowest BCUT2D eigenvalue weighted by molar-refractivity contribution is -0.0704. The van der Waals surface area contributed by atoms with Crippen LogP contribution in [-0.4, -0.2) is 42.8 Å². The highest BCUT2D eigenvalue weighted by Crippen LogP contribution is 2.21. The lowest BCUT2D eigenvalue weighted by atomic mass is 9.97. The second-order valence-corrected chi connectivity index (χ2v) is 7.96.